The number of ketones is 1. The quantitative estimate of drug-likeness (QED) is 0.804. The van der Waals surface area contributed by atoms with Gasteiger partial charge in [0.1, 0.15) is 17.2 Å². The van der Waals surface area contributed by atoms with E-state index in [0.29, 0.717) is 18.4 Å². The third-order valence-electron chi connectivity index (χ3n) is 5.35. The van der Waals surface area contributed by atoms with Crippen LogP contribution >= 0.6 is 0 Å². The number of piperidine rings is 1. The van der Waals surface area contributed by atoms with Crippen molar-refractivity contribution in [2.24, 2.45) is 5.92 Å². The number of carbonyl (C=O) groups is 2. The van der Waals surface area contributed by atoms with E-state index in [0.717, 1.165) is 18.9 Å². The molecule has 0 saturated carbocycles. The van der Waals surface area contributed by atoms with Crippen LogP contribution in [0.5, 0.6) is 0 Å². The Balaban J connectivity index is 1.67. The number of carbonyl (C=O) groups excluding carboxylic acids is 2. The number of amides is 1. The van der Waals surface area contributed by atoms with Crippen molar-refractivity contribution >= 4 is 11.9 Å². The molecule has 1 amide bonds. The normalized spacial score (nSPS) is 24.4. The molecule has 2 saturated heterocycles. The van der Waals surface area contributed by atoms with Crippen LogP contribution in [0, 0.1) is 23.1 Å². The van der Waals surface area contributed by atoms with Crippen molar-refractivity contribution in [3.8, 4) is 6.07 Å². The molecule has 27 heavy (non-hydrogen) atoms. The molecular weight excluding hydrogens is 347 g/mol. The minimum Gasteiger partial charge on any atom is -0.444 e. The number of fused-ring (bicyclic) bond motifs is 2. The SMILES string of the molecule is CC(C)(C)OC(=O)N1C2CCC1CC(C(=O)Cc1ccc(F)cc1C#N)C2. The van der Waals surface area contributed by atoms with Crippen LogP contribution in [0.1, 0.15) is 57.6 Å². The van der Waals surface area contributed by atoms with Gasteiger partial charge in [-0.3, -0.25) is 4.79 Å². The van der Waals surface area contributed by atoms with Crippen molar-refractivity contribution in [3.05, 3.63) is 35.1 Å². The van der Waals surface area contributed by atoms with E-state index >= 15 is 0 Å². The number of rotatable bonds is 3. The summed E-state index contributed by atoms with van der Waals surface area (Å²) in [5.74, 6) is -0.567. The van der Waals surface area contributed by atoms with Gasteiger partial charge >= 0.3 is 6.09 Å². The molecule has 0 radical (unpaired) electrons. The first-order valence-corrected chi connectivity index (χ1v) is 9.40. The maximum absolute atomic E-state index is 13.3. The van der Waals surface area contributed by atoms with Gasteiger partial charge in [0.2, 0.25) is 0 Å². The minimum atomic E-state index is -0.542. The predicted molar refractivity (Wildman–Crippen MR) is 97.4 cm³/mol. The standard InChI is InChI=1S/C21H25FN2O3/c1-21(2,3)27-20(26)24-17-6-7-18(24)10-14(9-17)19(25)11-13-4-5-16(22)8-15(13)12-23/h4-5,8,14,17-18H,6-7,9-11H2,1-3H3. The van der Waals surface area contributed by atoms with Gasteiger partial charge in [-0.15, -0.1) is 0 Å². The molecule has 2 aliphatic heterocycles. The smallest absolute Gasteiger partial charge is 0.410 e. The Hall–Kier alpha value is -2.42. The van der Waals surface area contributed by atoms with Crippen LogP contribution < -0.4 is 0 Å². The molecule has 2 bridgehead atoms. The van der Waals surface area contributed by atoms with E-state index in [4.69, 9.17) is 10.00 Å². The van der Waals surface area contributed by atoms with Crippen LogP contribution in [0.4, 0.5) is 9.18 Å². The summed E-state index contributed by atoms with van der Waals surface area (Å²) in [4.78, 5) is 27.1. The number of nitrogens with zero attached hydrogens (tertiary/aromatic N) is 2. The molecule has 0 aromatic heterocycles. The molecular formula is C21H25FN2O3. The summed E-state index contributed by atoms with van der Waals surface area (Å²) < 4.78 is 18.8. The Bertz CT molecular complexity index is 780. The van der Waals surface area contributed by atoms with Gasteiger partial charge in [0.05, 0.1) is 11.6 Å². The molecule has 5 nitrogen and oxygen atoms in total. The summed E-state index contributed by atoms with van der Waals surface area (Å²) in [6.07, 6.45) is 2.84. The fourth-order valence-electron chi connectivity index (χ4n) is 4.19. The number of benzene rings is 1. The van der Waals surface area contributed by atoms with Crippen LogP contribution in [0.2, 0.25) is 0 Å². The highest BCUT2D eigenvalue weighted by Crippen LogP contribution is 2.40. The predicted octanol–water partition coefficient (Wildman–Crippen LogP) is 3.99. The van der Waals surface area contributed by atoms with Crippen molar-refractivity contribution in [1.82, 2.24) is 4.90 Å². The minimum absolute atomic E-state index is 0.0243. The molecule has 1 aromatic carbocycles. The second-order valence-corrected chi connectivity index (χ2v) is 8.50. The second kappa shape index (κ2) is 7.30. The number of hydrogen-bond acceptors (Lipinski definition) is 4. The van der Waals surface area contributed by atoms with Gasteiger partial charge in [-0.05, 0) is 64.2 Å². The largest absolute Gasteiger partial charge is 0.444 e. The number of Topliss-reactive ketones (excluding diaryl/α,β-unsaturated/α-hetero) is 1. The number of ether oxygens (including phenoxy) is 1. The first kappa shape index (κ1) is 19.3. The Kier molecular flexibility index (Phi) is 5.23. The van der Waals surface area contributed by atoms with Crippen LogP contribution in [-0.4, -0.2) is 34.5 Å². The fraction of sp³-hybridized carbons (Fsp3) is 0.571. The summed E-state index contributed by atoms with van der Waals surface area (Å²) >= 11 is 0. The van der Waals surface area contributed by atoms with Crippen molar-refractivity contribution in [1.29, 1.82) is 5.26 Å². The third kappa shape index (κ3) is 4.29. The molecule has 0 aliphatic carbocycles. The highest BCUT2D eigenvalue weighted by molar-refractivity contribution is 5.84. The first-order chi connectivity index (χ1) is 12.7. The molecule has 3 rings (SSSR count). The zero-order chi connectivity index (χ0) is 19.8. The highest BCUT2D eigenvalue weighted by atomic mass is 19.1. The van der Waals surface area contributed by atoms with Crippen molar-refractivity contribution in [2.45, 2.75) is 70.6 Å². The van der Waals surface area contributed by atoms with E-state index in [1.165, 1.54) is 12.1 Å². The van der Waals surface area contributed by atoms with E-state index in [9.17, 15) is 14.0 Å². The van der Waals surface area contributed by atoms with Crippen molar-refractivity contribution < 1.29 is 18.7 Å². The molecule has 2 heterocycles. The second-order valence-electron chi connectivity index (χ2n) is 8.50. The molecule has 0 spiro atoms. The third-order valence-corrected chi connectivity index (χ3v) is 5.35. The van der Waals surface area contributed by atoms with Crippen LogP contribution in [0.3, 0.4) is 0 Å². The summed E-state index contributed by atoms with van der Waals surface area (Å²) in [5.41, 5.74) is 0.225. The molecule has 144 valence electrons. The summed E-state index contributed by atoms with van der Waals surface area (Å²) in [7, 11) is 0. The first-order valence-electron chi connectivity index (χ1n) is 9.40. The summed E-state index contributed by atoms with van der Waals surface area (Å²) in [5, 5.41) is 9.16. The lowest BCUT2D eigenvalue weighted by atomic mass is 9.84. The molecule has 1 aromatic rings. The van der Waals surface area contributed by atoms with Crippen LogP contribution in [0.15, 0.2) is 18.2 Å². The average molecular weight is 372 g/mol. The van der Waals surface area contributed by atoms with Crippen molar-refractivity contribution in [3.63, 3.8) is 0 Å². The van der Waals surface area contributed by atoms with E-state index in [2.05, 4.69) is 0 Å². The molecule has 0 N–H and O–H groups in total. The molecule has 6 heteroatoms. The number of halogens is 1. The van der Waals surface area contributed by atoms with Gasteiger partial charge < -0.3 is 9.64 Å². The lowest BCUT2D eigenvalue weighted by Gasteiger charge is -2.39. The Labute approximate surface area is 159 Å². The van der Waals surface area contributed by atoms with Gasteiger partial charge in [0, 0.05) is 24.4 Å². The summed E-state index contributed by atoms with van der Waals surface area (Å²) in [6, 6.07) is 5.96. The average Bonchev–Trinajstić information content (AvgIpc) is 2.85. The zero-order valence-corrected chi connectivity index (χ0v) is 16.0. The van der Waals surface area contributed by atoms with Gasteiger partial charge in [-0.1, -0.05) is 6.07 Å². The molecule has 2 unspecified atom stereocenters. The highest BCUT2D eigenvalue weighted by Gasteiger charge is 2.46. The van der Waals surface area contributed by atoms with E-state index in [1.54, 1.807) is 0 Å². The molecule has 2 aliphatic rings. The van der Waals surface area contributed by atoms with Crippen molar-refractivity contribution in [2.75, 3.05) is 0 Å². The lowest BCUT2D eigenvalue weighted by Crippen LogP contribution is -2.49. The maximum atomic E-state index is 13.3. The Morgan fingerprint density at radius 2 is 1.89 bits per heavy atom. The van der Waals surface area contributed by atoms with Gasteiger partial charge in [0.25, 0.3) is 0 Å². The van der Waals surface area contributed by atoms with E-state index < -0.39 is 11.4 Å². The molecule has 2 atom stereocenters. The Morgan fingerprint density at radius 1 is 1.26 bits per heavy atom. The van der Waals surface area contributed by atoms with Gasteiger partial charge in [-0.25, -0.2) is 9.18 Å². The van der Waals surface area contributed by atoms with Crippen LogP contribution in [0.25, 0.3) is 0 Å². The monoisotopic (exact) mass is 372 g/mol. The van der Waals surface area contributed by atoms with E-state index in [-0.39, 0.29) is 41.9 Å². The Morgan fingerprint density at radius 3 is 2.44 bits per heavy atom. The number of nitriles is 1. The van der Waals surface area contributed by atoms with Gasteiger partial charge in [0.15, 0.2) is 0 Å². The zero-order valence-electron chi connectivity index (χ0n) is 16.0. The maximum Gasteiger partial charge on any atom is 0.410 e. The topological polar surface area (TPSA) is 70.4 Å². The van der Waals surface area contributed by atoms with Crippen LogP contribution in [-0.2, 0) is 16.0 Å². The van der Waals surface area contributed by atoms with Gasteiger partial charge in [-0.2, -0.15) is 5.26 Å². The number of hydrogen-bond donors (Lipinski definition) is 0. The van der Waals surface area contributed by atoms with E-state index in [1.807, 2.05) is 31.7 Å². The summed E-state index contributed by atoms with van der Waals surface area (Å²) in [6.45, 7) is 5.54. The fourth-order valence-corrected chi connectivity index (χ4v) is 4.19. The molecule has 2 fully saturated rings. The lowest BCUT2D eigenvalue weighted by molar-refractivity contribution is -0.124.